The molecule has 2 aromatic carbocycles. The molecule has 19 heavy (non-hydrogen) atoms. The molecule has 0 aliphatic rings. The smallest absolute Gasteiger partial charge is 0.0461 e. The molecule has 0 aromatic heterocycles. The average Bonchev–Trinajstić information content (AvgIpc) is 2.44. The van der Waals surface area contributed by atoms with E-state index in [1.54, 1.807) is 0 Å². The molecule has 0 fully saturated rings. The summed E-state index contributed by atoms with van der Waals surface area (Å²) >= 11 is 0. The summed E-state index contributed by atoms with van der Waals surface area (Å²) in [5.41, 5.74) is 10.5. The SMILES string of the molecule is CCCCN(c1ccccc1)c1cc(N)ccc1C. The number of anilines is 3. The highest BCUT2D eigenvalue weighted by Gasteiger charge is 2.11. The summed E-state index contributed by atoms with van der Waals surface area (Å²) in [6, 6.07) is 16.6. The molecule has 0 atom stereocenters. The second kappa shape index (κ2) is 6.28. The van der Waals surface area contributed by atoms with Gasteiger partial charge in [0, 0.05) is 23.6 Å². The van der Waals surface area contributed by atoms with Crippen molar-refractivity contribution < 1.29 is 0 Å². The van der Waals surface area contributed by atoms with E-state index in [1.807, 2.05) is 12.1 Å². The lowest BCUT2D eigenvalue weighted by atomic mass is 10.1. The predicted octanol–water partition coefficient (Wildman–Crippen LogP) is 4.52. The lowest BCUT2D eigenvalue weighted by Gasteiger charge is -2.27. The minimum atomic E-state index is 0.818. The fourth-order valence-corrected chi connectivity index (χ4v) is 2.23. The predicted molar refractivity (Wildman–Crippen MR) is 83.9 cm³/mol. The molecule has 0 amide bonds. The lowest BCUT2D eigenvalue weighted by Crippen LogP contribution is -2.19. The molecule has 2 nitrogen and oxygen atoms in total. The van der Waals surface area contributed by atoms with Gasteiger partial charge in [-0.2, -0.15) is 0 Å². The Bertz CT molecular complexity index is 520. The Morgan fingerprint density at radius 1 is 1.05 bits per heavy atom. The highest BCUT2D eigenvalue weighted by atomic mass is 15.1. The van der Waals surface area contributed by atoms with Crippen molar-refractivity contribution in [2.45, 2.75) is 26.7 Å². The Labute approximate surface area is 115 Å². The first-order chi connectivity index (χ1) is 9.22. The fourth-order valence-electron chi connectivity index (χ4n) is 2.23. The van der Waals surface area contributed by atoms with Crippen LogP contribution >= 0.6 is 0 Å². The lowest BCUT2D eigenvalue weighted by molar-refractivity contribution is 0.784. The van der Waals surface area contributed by atoms with Crippen LogP contribution < -0.4 is 10.6 Å². The van der Waals surface area contributed by atoms with Crippen molar-refractivity contribution in [2.24, 2.45) is 0 Å². The standard InChI is InChI=1S/C17H22N2/c1-3-4-12-19(16-8-6-5-7-9-16)17-13-15(18)11-10-14(17)2/h5-11,13H,3-4,12,18H2,1-2H3. The molecule has 100 valence electrons. The molecule has 2 N–H and O–H groups in total. The highest BCUT2D eigenvalue weighted by molar-refractivity contribution is 5.69. The number of hydrogen-bond acceptors (Lipinski definition) is 2. The van der Waals surface area contributed by atoms with Gasteiger partial charge >= 0.3 is 0 Å². The normalized spacial score (nSPS) is 10.4. The minimum absolute atomic E-state index is 0.818. The topological polar surface area (TPSA) is 29.3 Å². The van der Waals surface area contributed by atoms with Crippen LogP contribution in [0.4, 0.5) is 17.1 Å². The van der Waals surface area contributed by atoms with Gasteiger partial charge in [-0.3, -0.25) is 0 Å². The van der Waals surface area contributed by atoms with Gasteiger partial charge in [0.15, 0.2) is 0 Å². The van der Waals surface area contributed by atoms with Crippen molar-refractivity contribution >= 4 is 17.1 Å². The van der Waals surface area contributed by atoms with Crippen molar-refractivity contribution in [2.75, 3.05) is 17.2 Å². The van der Waals surface area contributed by atoms with Crippen molar-refractivity contribution in [1.82, 2.24) is 0 Å². The first kappa shape index (κ1) is 13.5. The molecule has 0 bridgehead atoms. The third-order valence-electron chi connectivity index (χ3n) is 3.33. The Morgan fingerprint density at radius 3 is 2.47 bits per heavy atom. The van der Waals surface area contributed by atoms with Gasteiger partial charge in [-0.05, 0) is 43.2 Å². The molecular formula is C17H22N2. The van der Waals surface area contributed by atoms with Gasteiger partial charge in [-0.15, -0.1) is 0 Å². The highest BCUT2D eigenvalue weighted by Crippen LogP contribution is 2.30. The summed E-state index contributed by atoms with van der Waals surface area (Å²) in [5.74, 6) is 0. The summed E-state index contributed by atoms with van der Waals surface area (Å²) in [7, 11) is 0. The Balaban J connectivity index is 2.40. The summed E-state index contributed by atoms with van der Waals surface area (Å²) in [6.45, 7) is 5.37. The van der Waals surface area contributed by atoms with Crippen molar-refractivity contribution in [3.8, 4) is 0 Å². The van der Waals surface area contributed by atoms with Crippen LogP contribution in [0.3, 0.4) is 0 Å². The second-order valence-electron chi connectivity index (χ2n) is 4.89. The summed E-state index contributed by atoms with van der Waals surface area (Å²) in [5, 5.41) is 0. The fraction of sp³-hybridized carbons (Fsp3) is 0.294. The zero-order valence-corrected chi connectivity index (χ0v) is 11.8. The zero-order valence-electron chi connectivity index (χ0n) is 11.8. The van der Waals surface area contributed by atoms with E-state index < -0.39 is 0 Å². The van der Waals surface area contributed by atoms with E-state index in [4.69, 9.17) is 5.73 Å². The van der Waals surface area contributed by atoms with Crippen LogP contribution in [0.2, 0.25) is 0 Å². The molecule has 0 aliphatic heterocycles. The van der Waals surface area contributed by atoms with Crippen LogP contribution in [0.25, 0.3) is 0 Å². The summed E-state index contributed by atoms with van der Waals surface area (Å²) in [6.07, 6.45) is 2.35. The number of benzene rings is 2. The number of nitrogen functional groups attached to an aromatic ring is 1. The van der Waals surface area contributed by atoms with E-state index in [1.165, 1.54) is 29.8 Å². The van der Waals surface area contributed by atoms with E-state index in [9.17, 15) is 0 Å². The van der Waals surface area contributed by atoms with Gasteiger partial charge in [-0.1, -0.05) is 37.6 Å². The van der Waals surface area contributed by atoms with Gasteiger partial charge in [0.2, 0.25) is 0 Å². The third kappa shape index (κ3) is 3.28. The largest absolute Gasteiger partial charge is 0.399 e. The molecule has 0 radical (unpaired) electrons. The number of para-hydroxylation sites is 1. The molecule has 2 rings (SSSR count). The quantitative estimate of drug-likeness (QED) is 0.795. The van der Waals surface area contributed by atoms with Crippen LogP contribution in [-0.2, 0) is 0 Å². The Kier molecular flexibility index (Phi) is 4.45. The maximum Gasteiger partial charge on any atom is 0.0461 e. The first-order valence-electron chi connectivity index (χ1n) is 6.91. The van der Waals surface area contributed by atoms with Gasteiger partial charge in [0.1, 0.15) is 0 Å². The van der Waals surface area contributed by atoms with Crippen molar-refractivity contribution in [3.63, 3.8) is 0 Å². The monoisotopic (exact) mass is 254 g/mol. The Hall–Kier alpha value is -1.96. The Morgan fingerprint density at radius 2 is 1.79 bits per heavy atom. The molecule has 2 heteroatoms. The van der Waals surface area contributed by atoms with Crippen LogP contribution in [-0.4, -0.2) is 6.54 Å². The second-order valence-corrected chi connectivity index (χ2v) is 4.89. The number of aryl methyl sites for hydroxylation is 1. The van der Waals surface area contributed by atoms with E-state index in [-0.39, 0.29) is 0 Å². The zero-order chi connectivity index (χ0) is 13.7. The first-order valence-corrected chi connectivity index (χ1v) is 6.91. The van der Waals surface area contributed by atoms with Gasteiger partial charge in [0.25, 0.3) is 0 Å². The number of rotatable bonds is 5. The van der Waals surface area contributed by atoms with E-state index in [0.29, 0.717) is 0 Å². The summed E-state index contributed by atoms with van der Waals surface area (Å²) in [4.78, 5) is 2.36. The minimum Gasteiger partial charge on any atom is -0.399 e. The average molecular weight is 254 g/mol. The van der Waals surface area contributed by atoms with Crippen LogP contribution in [0.1, 0.15) is 25.3 Å². The van der Waals surface area contributed by atoms with Gasteiger partial charge < -0.3 is 10.6 Å². The molecular weight excluding hydrogens is 232 g/mol. The maximum atomic E-state index is 5.95. The third-order valence-corrected chi connectivity index (χ3v) is 3.33. The number of nitrogens with zero attached hydrogens (tertiary/aromatic N) is 1. The van der Waals surface area contributed by atoms with Crippen LogP contribution in [0.15, 0.2) is 48.5 Å². The van der Waals surface area contributed by atoms with Gasteiger partial charge in [0.05, 0.1) is 0 Å². The molecule has 2 aromatic rings. The van der Waals surface area contributed by atoms with Crippen molar-refractivity contribution in [1.29, 1.82) is 0 Å². The molecule has 0 spiro atoms. The van der Waals surface area contributed by atoms with E-state index >= 15 is 0 Å². The van der Waals surface area contributed by atoms with E-state index in [2.05, 4.69) is 55.1 Å². The molecule has 0 saturated carbocycles. The van der Waals surface area contributed by atoms with Crippen molar-refractivity contribution in [3.05, 3.63) is 54.1 Å². The molecule has 0 unspecified atom stereocenters. The molecule has 0 aliphatic carbocycles. The maximum absolute atomic E-state index is 5.95. The number of hydrogen-bond donors (Lipinski definition) is 1. The molecule has 0 heterocycles. The van der Waals surface area contributed by atoms with E-state index in [0.717, 1.165) is 12.2 Å². The van der Waals surface area contributed by atoms with Crippen LogP contribution in [0.5, 0.6) is 0 Å². The number of unbranched alkanes of at least 4 members (excludes halogenated alkanes) is 1. The van der Waals surface area contributed by atoms with Crippen LogP contribution in [0, 0.1) is 6.92 Å². The number of nitrogens with two attached hydrogens (primary N) is 1. The summed E-state index contributed by atoms with van der Waals surface area (Å²) < 4.78 is 0. The van der Waals surface area contributed by atoms with Gasteiger partial charge in [-0.25, -0.2) is 0 Å². The molecule has 0 saturated heterocycles.